The summed E-state index contributed by atoms with van der Waals surface area (Å²) in [6, 6.07) is 7.70. The fourth-order valence-corrected chi connectivity index (χ4v) is 4.58. The monoisotopic (exact) mass is 399 g/mol. The number of nitrogens with one attached hydrogen (secondary N) is 1. The predicted molar refractivity (Wildman–Crippen MR) is 110 cm³/mol. The molecule has 0 atom stereocenters. The summed E-state index contributed by atoms with van der Waals surface area (Å²) in [4.78, 5) is 9.09. The maximum absolute atomic E-state index is 11.4. The van der Waals surface area contributed by atoms with Crippen molar-refractivity contribution in [3.63, 3.8) is 0 Å². The van der Waals surface area contributed by atoms with E-state index in [1.807, 2.05) is 18.3 Å². The zero-order valence-corrected chi connectivity index (χ0v) is 16.8. The Bertz CT molecular complexity index is 1050. The topological polar surface area (TPSA) is 89.8 Å². The van der Waals surface area contributed by atoms with E-state index in [4.69, 9.17) is 4.98 Å². The molecule has 8 heteroatoms. The number of hydrogen-bond donors (Lipinski definition) is 1. The second-order valence-corrected chi connectivity index (χ2v) is 9.74. The van der Waals surface area contributed by atoms with Crippen molar-refractivity contribution in [3.8, 4) is 0 Å². The summed E-state index contributed by atoms with van der Waals surface area (Å²) in [6.07, 6.45) is 12.2. The predicted octanol–water partition coefficient (Wildman–Crippen LogP) is 4.01. The third-order valence-electron chi connectivity index (χ3n) is 5.14. The second kappa shape index (κ2) is 7.87. The van der Waals surface area contributed by atoms with Gasteiger partial charge < -0.3 is 5.32 Å². The minimum atomic E-state index is -3.04. The highest BCUT2D eigenvalue weighted by molar-refractivity contribution is 7.89. The molecule has 0 spiro atoms. The maximum atomic E-state index is 11.4. The van der Waals surface area contributed by atoms with Crippen molar-refractivity contribution in [3.05, 3.63) is 42.2 Å². The normalized spacial score (nSPS) is 16.2. The molecule has 1 N–H and O–H groups in total. The Labute approximate surface area is 165 Å². The van der Waals surface area contributed by atoms with E-state index in [0.717, 1.165) is 35.1 Å². The first-order valence-electron chi connectivity index (χ1n) is 9.72. The van der Waals surface area contributed by atoms with Gasteiger partial charge in [0.25, 0.3) is 0 Å². The Morgan fingerprint density at radius 2 is 1.79 bits per heavy atom. The molecule has 1 fully saturated rings. The van der Waals surface area contributed by atoms with Gasteiger partial charge in [0.05, 0.1) is 23.4 Å². The van der Waals surface area contributed by atoms with Crippen LogP contribution in [-0.4, -0.2) is 34.4 Å². The number of benzene rings is 1. The van der Waals surface area contributed by atoms with Gasteiger partial charge in [-0.05, 0) is 30.5 Å². The molecule has 28 heavy (non-hydrogen) atoms. The molecule has 3 aromatic rings. The second-order valence-electron chi connectivity index (χ2n) is 7.60. The van der Waals surface area contributed by atoms with Gasteiger partial charge >= 0.3 is 0 Å². The van der Waals surface area contributed by atoms with Gasteiger partial charge in [-0.15, -0.1) is 0 Å². The van der Waals surface area contributed by atoms with Crippen LogP contribution in [0.2, 0.25) is 0 Å². The van der Waals surface area contributed by atoms with Gasteiger partial charge in [-0.1, -0.05) is 37.8 Å². The highest BCUT2D eigenvalue weighted by atomic mass is 32.2. The number of aromatic nitrogens is 4. The van der Waals surface area contributed by atoms with Gasteiger partial charge in [-0.3, -0.25) is 0 Å². The van der Waals surface area contributed by atoms with Crippen LogP contribution in [0, 0.1) is 0 Å². The number of nitrogens with zero attached hydrogens (tertiary/aromatic N) is 4. The van der Waals surface area contributed by atoms with Crippen LogP contribution in [0.25, 0.3) is 11.0 Å². The minimum Gasteiger partial charge on any atom is -0.324 e. The molecule has 1 aliphatic rings. The van der Waals surface area contributed by atoms with Gasteiger partial charge in [0.2, 0.25) is 5.95 Å². The number of sulfone groups is 1. The average molecular weight is 400 g/mol. The molecular formula is C20H25N5O2S. The van der Waals surface area contributed by atoms with E-state index in [9.17, 15) is 8.42 Å². The van der Waals surface area contributed by atoms with Crippen LogP contribution in [0.4, 0.5) is 11.6 Å². The first-order chi connectivity index (χ1) is 13.5. The van der Waals surface area contributed by atoms with Crippen molar-refractivity contribution in [2.45, 2.75) is 50.3 Å². The van der Waals surface area contributed by atoms with Crippen LogP contribution in [-0.2, 0) is 15.6 Å². The van der Waals surface area contributed by atoms with E-state index in [-0.39, 0.29) is 5.75 Å². The Morgan fingerprint density at radius 1 is 1.07 bits per heavy atom. The molecule has 2 aromatic heterocycles. The summed E-state index contributed by atoms with van der Waals surface area (Å²) >= 11 is 0. The molecule has 0 unspecified atom stereocenters. The van der Waals surface area contributed by atoms with Gasteiger partial charge in [0, 0.05) is 18.1 Å². The number of rotatable bonds is 5. The summed E-state index contributed by atoms with van der Waals surface area (Å²) in [5.41, 5.74) is 2.44. The smallest absolute Gasteiger partial charge is 0.229 e. The lowest BCUT2D eigenvalue weighted by atomic mass is 10.1. The Hall–Kier alpha value is -2.48. The van der Waals surface area contributed by atoms with Crippen LogP contribution >= 0.6 is 0 Å². The van der Waals surface area contributed by atoms with E-state index in [2.05, 4.69) is 20.1 Å². The van der Waals surface area contributed by atoms with E-state index < -0.39 is 9.84 Å². The van der Waals surface area contributed by atoms with E-state index in [0.29, 0.717) is 12.0 Å². The van der Waals surface area contributed by atoms with Crippen LogP contribution in [0.15, 0.2) is 36.7 Å². The van der Waals surface area contributed by atoms with Crippen LogP contribution < -0.4 is 5.32 Å². The SMILES string of the molecule is CS(=O)(=O)Cc1ccc(Nc2ncc3cnn(C4CCCCCC4)c3n2)cc1. The fourth-order valence-electron chi connectivity index (χ4n) is 3.78. The van der Waals surface area contributed by atoms with Crippen molar-refractivity contribution in [2.75, 3.05) is 11.6 Å². The van der Waals surface area contributed by atoms with Gasteiger partial charge in [-0.25, -0.2) is 18.1 Å². The lowest BCUT2D eigenvalue weighted by Crippen LogP contribution is -2.11. The van der Waals surface area contributed by atoms with Crippen molar-refractivity contribution in [2.24, 2.45) is 0 Å². The summed E-state index contributed by atoms with van der Waals surface area (Å²) in [7, 11) is -3.04. The summed E-state index contributed by atoms with van der Waals surface area (Å²) in [5, 5.41) is 8.73. The minimum absolute atomic E-state index is 0.0380. The van der Waals surface area contributed by atoms with Crippen LogP contribution in [0.5, 0.6) is 0 Å². The third kappa shape index (κ3) is 4.49. The van der Waals surface area contributed by atoms with E-state index in [1.165, 1.54) is 31.9 Å². The highest BCUT2D eigenvalue weighted by Gasteiger charge is 2.18. The van der Waals surface area contributed by atoms with E-state index in [1.54, 1.807) is 18.3 Å². The third-order valence-corrected chi connectivity index (χ3v) is 6.00. The van der Waals surface area contributed by atoms with Gasteiger partial charge in [-0.2, -0.15) is 10.1 Å². The Balaban J connectivity index is 1.55. The molecule has 0 saturated heterocycles. The molecule has 2 heterocycles. The standard InChI is InChI=1S/C20H25N5O2S/c1-28(26,27)14-15-8-10-17(11-9-15)23-20-21-12-16-13-22-25(19(16)24-20)18-6-4-2-3-5-7-18/h8-13,18H,2-7,14H2,1H3,(H,21,23,24). The molecule has 7 nitrogen and oxygen atoms in total. The van der Waals surface area contributed by atoms with Crippen molar-refractivity contribution >= 4 is 32.5 Å². The maximum Gasteiger partial charge on any atom is 0.229 e. The first kappa shape index (κ1) is 18.9. The molecule has 1 aliphatic carbocycles. The number of hydrogen-bond acceptors (Lipinski definition) is 6. The summed E-state index contributed by atoms with van der Waals surface area (Å²) < 4.78 is 24.9. The molecular weight excluding hydrogens is 374 g/mol. The lowest BCUT2D eigenvalue weighted by molar-refractivity contribution is 0.415. The van der Waals surface area contributed by atoms with E-state index >= 15 is 0 Å². The zero-order chi connectivity index (χ0) is 19.6. The molecule has 1 aromatic carbocycles. The quantitative estimate of drug-likeness (QED) is 0.652. The lowest BCUT2D eigenvalue weighted by Gasteiger charge is -2.15. The van der Waals surface area contributed by atoms with Gasteiger partial charge in [0.1, 0.15) is 0 Å². The molecule has 0 radical (unpaired) electrons. The number of fused-ring (bicyclic) bond motifs is 1. The first-order valence-corrected chi connectivity index (χ1v) is 11.8. The van der Waals surface area contributed by atoms with Crippen LogP contribution in [0.1, 0.15) is 50.1 Å². The van der Waals surface area contributed by atoms with Crippen molar-refractivity contribution < 1.29 is 8.42 Å². The fraction of sp³-hybridized carbons (Fsp3) is 0.450. The van der Waals surface area contributed by atoms with Crippen molar-refractivity contribution in [1.29, 1.82) is 0 Å². The molecule has 0 bridgehead atoms. The largest absolute Gasteiger partial charge is 0.324 e. The highest BCUT2D eigenvalue weighted by Crippen LogP contribution is 2.29. The Morgan fingerprint density at radius 3 is 2.46 bits per heavy atom. The molecule has 1 saturated carbocycles. The molecule has 0 amide bonds. The van der Waals surface area contributed by atoms with Gasteiger partial charge in [0.15, 0.2) is 15.5 Å². The van der Waals surface area contributed by atoms with Crippen molar-refractivity contribution in [1.82, 2.24) is 19.7 Å². The number of anilines is 2. The average Bonchev–Trinajstić information content (AvgIpc) is 2.87. The molecule has 0 aliphatic heterocycles. The van der Waals surface area contributed by atoms with Crippen LogP contribution in [0.3, 0.4) is 0 Å². The zero-order valence-electron chi connectivity index (χ0n) is 16.0. The summed E-state index contributed by atoms with van der Waals surface area (Å²) in [5.74, 6) is 0.551. The summed E-state index contributed by atoms with van der Waals surface area (Å²) in [6.45, 7) is 0. The Kier molecular flexibility index (Phi) is 5.30. The molecule has 4 rings (SSSR count). The molecule has 148 valence electrons.